The maximum atomic E-state index is 12.0. The van der Waals surface area contributed by atoms with Gasteiger partial charge in [-0.15, -0.1) is 0 Å². The second kappa shape index (κ2) is 3.41. The lowest BCUT2D eigenvalue weighted by Crippen LogP contribution is -2.53. The highest BCUT2D eigenvalue weighted by Gasteiger charge is 2.74. The monoisotopic (exact) mass is 252 g/mol. The van der Waals surface area contributed by atoms with Crippen LogP contribution in [0.5, 0.6) is 0 Å². The van der Waals surface area contributed by atoms with E-state index in [4.69, 9.17) is 0 Å². The van der Waals surface area contributed by atoms with Crippen LogP contribution in [0.3, 0.4) is 0 Å². The highest BCUT2D eigenvalue weighted by Crippen LogP contribution is 2.50. The topological polar surface area (TPSA) is 0 Å². The molecule has 0 unspecified atom stereocenters. The van der Waals surface area contributed by atoms with Gasteiger partial charge in [-0.3, -0.25) is 0 Å². The molecule has 15 heavy (non-hydrogen) atoms. The molecular formula is C5H2F10. The van der Waals surface area contributed by atoms with E-state index < -0.39 is 30.6 Å². The molecule has 0 amide bonds. The third-order valence-electron chi connectivity index (χ3n) is 1.24. The Labute approximate surface area is 75.9 Å². The zero-order valence-electron chi connectivity index (χ0n) is 6.49. The molecule has 0 saturated heterocycles. The molecule has 92 valence electrons. The molecule has 0 nitrogen and oxygen atoms in total. The van der Waals surface area contributed by atoms with Gasteiger partial charge >= 0.3 is 24.2 Å². The highest BCUT2D eigenvalue weighted by atomic mass is 19.4. The largest absolute Gasteiger partial charge is 0.459 e. The lowest BCUT2D eigenvalue weighted by molar-refractivity contribution is -0.368. The normalized spacial score (nSPS) is 15.6. The van der Waals surface area contributed by atoms with E-state index in [0.29, 0.717) is 0 Å². The summed E-state index contributed by atoms with van der Waals surface area (Å²) in [5, 5.41) is 0. The Bertz CT molecular complexity index is 219. The molecule has 10 heteroatoms. The van der Waals surface area contributed by atoms with Gasteiger partial charge < -0.3 is 0 Å². The minimum absolute atomic E-state index is 3.54. The SMILES string of the molecule is FC(F)(F)CC(F)(F)C(F)(F)C(F)(F)F. The number of hydrogen-bond acceptors (Lipinski definition) is 0. The van der Waals surface area contributed by atoms with Crippen LogP contribution in [0.15, 0.2) is 0 Å². The van der Waals surface area contributed by atoms with Crippen LogP contribution in [0.2, 0.25) is 0 Å². The third-order valence-corrected chi connectivity index (χ3v) is 1.24. The average molecular weight is 252 g/mol. The fraction of sp³-hybridized carbons (Fsp3) is 1.00. The number of rotatable bonds is 2. The van der Waals surface area contributed by atoms with Gasteiger partial charge in [0, 0.05) is 0 Å². The van der Waals surface area contributed by atoms with Crippen LogP contribution < -0.4 is 0 Å². The Morgan fingerprint density at radius 1 is 0.600 bits per heavy atom. The fourth-order valence-corrected chi connectivity index (χ4v) is 0.570. The summed E-state index contributed by atoms with van der Waals surface area (Å²) < 4.78 is 116. The van der Waals surface area contributed by atoms with Crippen molar-refractivity contribution in [1.82, 2.24) is 0 Å². The Hall–Kier alpha value is -0.700. The van der Waals surface area contributed by atoms with Gasteiger partial charge in [0.2, 0.25) is 0 Å². The molecule has 0 rings (SSSR count). The lowest BCUT2D eigenvalue weighted by Gasteiger charge is -2.28. The van der Waals surface area contributed by atoms with Crippen molar-refractivity contribution in [3.63, 3.8) is 0 Å². The van der Waals surface area contributed by atoms with Gasteiger partial charge in [0.1, 0.15) is 6.42 Å². The van der Waals surface area contributed by atoms with Crippen molar-refractivity contribution in [3.05, 3.63) is 0 Å². The highest BCUT2D eigenvalue weighted by molar-refractivity contribution is 4.92. The first-order valence-corrected chi connectivity index (χ1v) is 3.10. The molecule has 0 aromatic rings. The van der Waals surface area contributed by atoms with Crippen molar-refractivity contribution in [2.24, 2.45) is 0 Å². The van der Waals surface area contributed by atoms with Crippen LogP contribution in [0, 0.1) is 0 Å². The summed E-state index contributed by atoms with van der Waals surface area (Å²) in [6, 6.07) is 0. The Balaban J connectivity index is 5.03. The fourth-order valence-electron chi connectivity index (χ4n) is 0.570. The van der Waals surface area contributed by atoms with Crippen LogP contribution in [-0.4, -0.2) is 24.2 Å². The van der Waals surface area contributed by atoms with Crippen molar-refractivity contribution < 1.29 is 43.9 Å². The van der Waals surface area contributed by atoms with Gasteiger partial charge in [0.05, 0.1) is 0 Å². The van der Waals surface area contributed by atoms with E-state index in [2.05, 4.69) is 0 Å². The lowest BCUT2D eigenvalue weighted by atomic mass is 10.1. The van der Waals surface area contributed by atoms with Crippen molar-refractivity contribution >= 4 is 0 Å². The summed E-state index contributed by atoms with van der Waals surface area (Å²) >= 11 is 0. The third kappa shape index (κ3) is 3.13. The predicted octanol–water partition coefficient (Wildman–Crippen LogP) is 3.77. The minimum atomic E-state index is -6.73. The number of alkyl halides is 10. The van der Waals surface area contributed by atoms with Gasteiger partial charge in [-0.25, -0.2) is 0 Å². The van der Waals surface area contributed by atoms with Crippen molar-refractivity contribution in [1.29, 1.82) is 0 Å². The minimum Gasteiger partial charge on any atom is -0.199 e. The summed E-state index contributed by atoms with van der Waals surface area (Å²) in [5.74, 6) is -12.9. The van der Waals surface area contributed by atoms with Crippen molar-refractivity contribution in [2.75, 3.05) is 0 Å². The molecular weight excluding hydrogens is 250 g/mol. The first-order chi connectivity index (χ1) is 6.21. The molecule has 0 aromatic carbocycles. The van der Waals surface area contributed by atoms with Crippen LogP contribution in [0.4, 0.5) is 43.9 Å². The average Bonchev–Trinajstić information content (AvgIpc) is 1.77. The molecule has 0 spiro atoms. The van der Waals surface area contributed by atoms with E-state index >= 15 is 0 Å². The van der Waals surface area contributed by atoms with Gasteiger partial charge in [0.25, 0.3) is 0 Å². The molecule has 0 saturated carbocycles. The maximum absolute atomic E-state index is 12.0. The van der Waals surface area contributed by atoms with E-state index in [-0.39, 0.29) is 0 Å². The molecule has 0 radical (unpaired) electrons. The van der Waals surface area contributed by atoms with E-state index in [9.17, 15) is 43.9 Å². The molecule has 0 aliphatic carbocycles. The summed E-state index contributed by atoms with van der Waals surface area (Å²) in [7, 11) is 0. The molecule has 0 N–H and O–H groups in total. The predicted molar refractivity (Wildman–Crippen MR) is 26.6 cm³/mol. The molecule has 0 aliphatic rings. The summed E-state index contributed by atoms with van der Waals surface area (Å²) in [4.78, 5) is 0. The van der Waals surface area contributed by atoms with E-state index in [1.807, 2.05) is 0 Å². The Morgan fingerprint density at radius 3 is 1.13 bits per heavy atom. The van der Waals surface area contributed by atoms with Gasteiger partial charge in [-0.1, -0.05) is 0 Å². The number of halogens is 10. The Morgan fingerprint density at radius 2 is 0.933 bits per heavy atom. The van der Waals surface area contributed by atoms with Crippen molar-refractivity contribution in [3.8, 4) is 0 Å². The van der Waals surface area contributed by atoms with Crippen LogP contribution in [0.1, 0.15) is 6.42 Å². The molecule has 0 heterocycles. The first-order valence-electron chi connectivity index (χ1n) is 3.10. The maximum Gasteiger partial charge on any atom is 0.459 e. The quantitative estimate of drug-likeness (QED) is 0.656. The van der Waals surface area contributed by atoms with Crippen LogP contribution >= 0.6 is 0 Å². The first kappa shape index (κ1) is 14.3. The van der Waals surface area contributed by atoms with E-state index in [0.717, 1.165) is 0 Å². The smallest absolute Gasteiger partial charge is 0.199 e. The summed E-state index contributed by atoms with van der Waals surface area (Å²) in [6.45, 7) is 0. The van der Waals surface area contributed by atoms with E-state index in [1.165, 1.54) is 0 Å². The standard InChI is InChI=1S/C5H2F10/c6-2(7,1-3(8,9)10)4(11,12)5(13,14)15/h1H2. The number of hydrogen-bond donors (Lipinski definition) is 0. The second-order valence-electron chi connectivity index (χ2n) is 2.57. The molecule has 0 bridgehead atoms. The van der Waals surface area contributed by atoms with Gasteiger partial charge in [-0.2, -0.15) is 43.9 Å². The van der Waals surface area contributed by atoms with Gasteiger partial charge in [0.15, 0.2) is 0 Å². The van der Waals surface area contributed by atoms with E-state index in [1.54, 1.807) is 0 Å². The molecule has 0 aromatic heterocycles. The zero-order valence-corrected chi connectivity index (χ0v) is 6.49. The van der Waals surface area contributed by atoms with Crippen molar-refractivity contribution in [2.45, 2.75) is 30.6 Å². The molecule has 0 fully saturated rings. The van der Waals surface area contributed by atoms with Gasteiger partial charge in [-0.05, 0) is 0 Å². The second-order valence-corrected chi connectivity index (χ2v) is 2.57. The molecule has 0 aliphatic heterocycles. The van der Waals surface area contributed by atoms with Crippen LogP contribution in [-0.2, 0) is 0 Å². The Kier molecular flexibility index (Phi) is 3.25. The summed E-state index contributed by atoms with van der Waals surface area (Å²) in [6.07, 6.45) is -16.1. The zero-order chi connectivity index (χ0) is 12.7. The molecule has 0 atom stereocenters. The summed E-state index contributed by atoms with van der Waals surface area (Å²) in [5.41, 5.74) is 0. The van der Waals surface area contributed by atoms with Crippen LogP contribution in [0.25, 0.3) is 0 Å².